The number of benzene rings is 2. The first-order valence-electron chi connectivity index (χ1n) is 9.53. The van der Waals surface area contributed by atoms with Gasteiger partial charge in [-0.05, 0) is 11.1 Å². The SMILES string of the molecule is CNC(=O)[C@@H]1[C@@H](c2ccccc2)CN2CCN(Cc3ccccc3)C[C@H]12. The molecule has 4 rings (SSSR count). The van der Waals surface area contributed by atoms with Crippen molar-refractivity contribution < 1.29 is 4.79 Å². The fourth-order valence-corrected chi connectivity index (χ4v) is 4.63. The first-order chi connectivity index (χ1) is 12.8. The number of fused-ring (bicyclic) bond motifs is 1. The molecule has 2 aliphatic heterocycles. The molecular weight excluding hydrogens is 322 g/mol. The highest BCUT2D eigenvalue weighted by atomic mass is 16.1. The van der Waals surface area contributed by atoms with Crippen LogP contribution in [0, 0.1) is 5.92 Å². The average Bonchev–Trinajstić information content (AvgIpc) is 3.08. The predicted molar refractivity (Wildman–Crippen MR) is 104 cm³/mol. The molecule has 2 saturated heterocycles. The molecule has 1 amide bonds. The third-order valence-electron chi connectivity index (χ3n) is 5.92. The Labute approximate surface area is 155 Å². The van der Waals surface area contributed by atoms with Gasteiger partial charge in [-0.1, -0.05) is 60.7 Å². The molecule has 2 heterocycles. The Morgan fingerprint density at radius 3 is 2.38 bits per heavy atom. The highest BCUT2D eigenvalue weighted by Crippen LogP contribution is 2.39. The fourth-order valence-electron chi connectivity index (χ4n) is 4.63. The molecule has 4 heteroatoms. The second-order valence-electron chi connectivity index (χ2n) is 7.44. The van der Waals surface area contributed by atoms with Crippen molar-refractivity contribution in [2.75, 3.05) is 33.2 Å². The Kier molecular flexibility index (Phi) is 5.05. The van der Waals surface area contributed by atoms with E-state index in [2.05, 4.69) is 69.7 Å². The van der Waals surface area contributed by atoms with Gasteiger partial charge in [-0.2, -0.15) is 0 Å². The molecule has 2 aromatic carbocycles. The summed E-state index contributed by atoms with van der Waals surface area (Å²) in [5.74, 6) is 0.465. The van der Waals surface area contributed by atoms with Gasteiger partial charge < -0.3 is 5.32 Å². The van der Waals surface area contributed by atoms with E-state index in [4.69, 9.17) is 0 Å². The van der Waals surface area contributed by atoms with Crippen LogP contribution in [0.4, 0.5) is 0 Å². The van der Waals surface area contributed by atoms with Gasteiger partial charge in [0.05, 0.1) is 5.92 Å². The zero-order chi connectivity index (χ0) is 17.9. The van der Waals surface area contributed by atoms with E-state index in [1.165, 1.54) is 11.1 Å². The summed E-state index contributed by atoms with van der Waals surface area (Å²) < 4.78 is 0. The van der Waals surface area contributed by atoms with Crippen molar-refractivity contribution >= 4 is 5.91 Å². The zero-order valence-corrected chi connectivity index (χ0v) is 15.3. The van der Waals surface area contributed by atoms with Gasteiger partial charge >= 0.3 is 0 Å². The van der Waals surface area contributed by atoms with Crippen molar-refractivity contribution in [2.24, 2.45) is 5.92 Å². The molecule has 3 atom stereocenters. The second-order valence-corrected chi connectivity index (χ2v) is 7.44. The lowest BCUT2D eigenvalue weighted by molar-refractivity contribution is -0.126. The lowest BCUT2D eigenvalue weighted by atomic mass is 9.84. The predicted octanol–water partition coefficient (Wildman–Crippen LogP) is 2.33. The summed E-state index contributed by atoms with van der Waals surface area (Å²) in [4.78, 5) is 17.8. The standard InChI is InChI=1S/C22H27N3O/c1-23-22(26)21-19(18-10-6-3-7-11-18)15-25-13-12-24(16-20(21)25)14-17-8-4-2-5-9-17/h2-11,19-21H,12-16H2,1H3,(H,23,26)/t19-,20-,21-/m1/s1. The van der Waals surface area contributed by atoms with Crippen molar-refractivity contribution in [2.45, 2.75) is 18.5 Å². The number of hydrogen-bond acceptors (Lipinski definition) is 3. The van der Waals surface area contributed by atoms with Gasteiger partial charge in [0, 0.05) is 51.7 Å². The van der Waals surface area contributed by atoms with E-state index in [1.54, 1.807) is 7.05 Å². The van der Waals surface area contributed by atoms with Crippen LogP contribution in [0.25, 0.3) is 0 Å². The van der Waals surface area contributed by atoms with E-state index in [1.807, 2.05) is 6.07 Å². The number of rotatable bonds is 4. The van der Waals surface area contributed by atoms with Crippen LogP contribution in [0.15, 0.2) is 60.7 Å². The summed E-state index contributed by atoms with van der Waals surface area (Å²) in [6.45, 7) is 4.99. The summed E-state index contributed by atoms with van der Waals surface area (Å²) >= 11 is 0. The number of amides is 1. The molecule has 26 heavy (non-hydrogen) atoms. The van der Waals surface area contributed by atoms with Gasteiger partial charge in [0.25, 0.3) is 0 Å². The van der Waals surface area contributed by atoms with Crippen LogP contribution >= 0.6 is 0 Å². The highest BCUT2D eigenvalue weighted by molar-refractivity contribution is 5.80. The van der Waals surface area contributed by atoms with E-state index < -0.39 is 0 Å². The quantitative estimate of drug-likeness (QED) is 0.920. The van der Waals surface area contributed by atoms with Crippen LogP contribution in [0.3, 0.4) is 0 Å². The van der Waals surface area contributed by atoms with Crippen molar-refractivity contribution in [3.05, 3.63) is 71.8 Å². The normalized spacial score (nSPS) is 26.4. The first-order valence-corrected chi connectivity index (χ1v) is 9.53. The molecular formula is C22H27N3O. The molecule has 0 spiro atoms. The monoisotopic (exact) mass is 349 g/mol. The van der Waals surface area contributed by atoms with E-state index in [0.717, 1.165) is 32.7 Å². The van der Waals surface area contributed by atoms with Crippen LogP contribution in [0.1, 0.15) is 17.0 Å². The molecule has 0 saturated carbocycles. The van der Waals surface area contributed by atoms with Gasteiger partial charge in [-0.15, -0.1) is 0 Å². The smallest absolute Gasteiger partial charge is 0.225 e. The zero-order valence-electron chi connectivity index (χ0n) is 15.3. The Hall–Kier alpha value is -2.17. The minimum Gasteiger partial charge on any atom is -0.359 e. The lowest BCUT2D eigenvalue weighted by Gasteiger charge is -2.39. The molecule has 4 nitrogen and oxygen atoms in total. The number of carbonyl (C=O) groups is 1. The van der Waals surface area contributed by atoms with E-state index in [0.29, 0.717) is 0 Å². The topological polar surface area (TPSA) is 35.6 Å². The maximum absolute atomic E-state index is 12.8. The molecule has 0 aliphatic carbocycles. The molecule has 2 aliphatic rings. The molecule has 0 bridgehead atoms. The Morgan fingerprint density at radius 2 is 1.69 bits per heavy atom. The number of carbonyl (C=O) groups excluding carboxylic acids is 1. The second kappa shape index (κ2) is 7.60. The van der Waals surface area contributed by atoms with Crippen LogP contribution in [0.5, 0.6) is 0 Å². The molecule has 136 valence electrons. The molecule has 0 aromatic heterocycles. The maximum atomic E-state index is 12.8. The molecule has 1 N–H and O–H groups in total. The van der Waals surface area contributed by atoms with Crippen LogP contribution in [-0.4, -0.2) is 55.0 Å². The van der Waals surface area contributed by atoms with Gasteiger partial charge in [-0.25, -0.2) is 0 Å². The molecule has 2 fully saturated rings. The molecule has 2 aromatic rings. The summed E-state index contributed by atoms with van der Waals surface area (Å²) in [6, 6.07) is 21.4. The van der Waals surface area contributed by atoms with Crippen LogP contribution in [-0.2, 0) is 11.3 Å². The Balaban J connectivity index is 1.54. The molecule has 0 radical (unpaired) electrons. The largest absolute Gasteiger partial charge is 0.359 e. The first kappa shape index (κ1) is 17.3. The van der Waals surface area contributed by atoms with Gasteiger partial charge in [0.15, 0.2) is 0 Å². The number of nitrogens with one attached hydrogen (secondary N) is 1. The minimum atomic E-state index is 0.0148. The van der Waals surface area contributed by atoms with E-state index >= 15 is 0 Å². The lowest BCUT2D eigenvalue weighted by Crippen LogP contribution is -2.53. The van der Waals surface area contributed by atoms with Gasteiger partial charge in [0.2, 0.25) is 5.91 Å². The number of piperazine rings is 1. The van der Waals surface area contributed by atoms with Crippen molar-refractivity contribution in [1.82, 2.24) is 15.1 Å². The van der Waals surface area contributed by atoms with E-state index in [9.17, 15) is 4.79 Å². The van der Waals surface area contributed by atoms with Crippen LogP contribution < -0.4 is 5.32 Å². The summed E-state index contributed by atoms with van der Waals surface area (Å²) in [5, 5.41) is 2.92. The number of nitrogens with zero attached hydrogens (tertiary/aromatic N) is 2. The number of hydrogen-bond donors (Lipinski definition) is 1. The van der Waals surface area contributed by atoms with Crippen molar-refractivity contribution in [1.29, 1.82) is 0 Å². The van der Waals surface area contributed by atoms with Crippen LogP contribution in [0.2, 0.25) is 0 Å². The summed E-state index contributed by atoms with van der Waals surface area (Å²) in [6.07, 6.45) is 0. The maximum Gasteiger partial charge on any atom is 0.225 e. The third-order valence-corrected chi connectivity index (χ3v) is 5.92. The Morgan fingerprint density at radius 1 is 1.00 bits per heavy atom. The van der Waals surface area contributed by atoms with Gasteiger partial charge in [0.1, 0.15) is 0 Å². The van der Waals surface area contributed by atoms with Gasteiger partial charge in [-0.3, -0.25) is 14.6 Å². The summed E-state index contributed by atoms with van der Waals surface area (Å²) in [5.41, 5.74) is 2.63. The minimum absolute atomic E-state index is 0.0148. The average molecular weight is 349 g/mol. The molecule has 0 unspecified atom stereocenters. The van der Waals surface area contributed by atoms with Crippen molar-refractivity contribution in [3.8, 4) is 0 Å². The Bertz CT molecular complexity index is 734. The third kappa shape index (κ3) is 3.39. The summed E-state index contributed by atoms with van der Waals surface area (Å²) in [7, 11) is 1.76. The van der Waals surface area contributed by atoms with E-state index in [-0.39, 0.29) is 23.8 Å². The van der Waals surface area contributed by atoms with Crippen molar-refractivity contribution in [3.63, 3.8) is 0 Å². The fraction of sp³-hybridized carbons (Fsp3) is 0.409. The highest BCUT2D eigenvalue weighted by Gasteiger charge is 2.47.